The number of rotatable bonds is 2. The Labute approximate surface area is 213 Å². The van der Waals surface area contributed by atoms with Gasteiger partial charge in [0.05, 0.1) is 0 Å². The van der Waals surface area contributed by atoms with Crippen molar-refractivity contribution in [1.82, 2.24) is 15.8 Å². The average Bonchev–Trinajstić information content (AvgIpc) is 3.38. The fourth-order valence-electron chi connectivity index (χ4n) is 9.04. The predicted molar refractivity (Wildman–Crippen MR) is 135 cm³/mol. The molecule has 4 aliphatic carbocycles. The molecule has 0 radical (unpaired) electrons. The summed E-state index contributed by atoms with van der Waals surface area (Å²) in [7, 11) is 0. The zero-order valence-corrected chi connectivity index (χ0v) is 21.3. The highest BCUT2D eigenvalue weighted by Gasteiger charge is 2.64. The number of nitrogens with one attached hydrogen (secondary N) is 3. The van der Waals surface area contributed by atoms with Gasteiger partial charge in [-0.15, -0.1) is 0 Å². The number of carbonyl (C=O) groups excluding carboxylic acids is 1. The third-order valence-electron chi connectivity index (χ3n) is 11.0. The number of amides is 1. The van der Waals surface area contributed by atoms with Gasteiger partial charge in [-0.05, 0) is 62.0 Å². The average molecular weight is 499 g/mol. The summed E-state index contributed by atoms with van der Waals surface area (Å²) in [4.78, 5) is 16.4. The molecular formula is C29H40F2N4O. The summed E-state index contributed by atoms with van der Waals surface area (Å²) in [5.41, 5.74) is 8.00. The number of hydrogen-bond acceptors (Lipinski definition) is 4. The minimum atomic E-state index is -0.801. The summed E-state index contributed by atoms with van der Waals surface area (Å²) >= 11 is 0. The maximum absolute atomic E-state index is 15.5. The third kappa shape index (κ3) is 3.40. The van der Waals surface area contributed by atoms with Crippen LogP contribution < -0.4 is 16.2 Å². The molecule has 6 fully saturated rings. The second kappa shape index (κ2) is 8.65. The Morgan fingerprint density at radius 3 is 2.31 bits per heavy atom. The minimum Gasteiger partial charge on any atom is -0.373 e. The van der Waals surface area contributed by atoms with Crippen molar-refractivity contribution in [3.05, 3.63) is 29.3 Å². The van der Waals surface area contributed by atoms with Crippen molar-refractivity contribution in [1.29, 1.82) is 0 Å². The predicted octanol–water partition coefficient (Wildman–Crippen LogP) is 5.01. The van der Waals surface area contributed by atoms with Gasteiger partial charge in [0.15, 0.2) is 11.6 Å². The summed E-state index contributed by atoms with van der Waals surface area (Å²) in [6.45, 7) is 1.47. The zero-order chi connectivity index (χ0) is 24.5. The molecule has 1 amide bonds. The van der Waals surface area contributed by atoms with E-state index in [1.54, 1.807) is 6.07 Å². The van der Waals surface area contributed by atoms with Gasteiger partial charge in [0.25, 0.3) is 0 Å². The molecule has 2 saturated heterocycles. The molecule has 3 N–H and O–H groups in total. The fourth-order valence-corrected chi connectivity index (χ4v) is 9.04. The monoisotopic (exact) mass is 498 g/mol. The number of anilines is 1. The molecule has 1 aromatic rings. The quantitative estimate of drug-likeness (QED) is 0.536. The van der Waals surface area contributed by atoms with Crippen LogP contribution in [0.5, 0.6) is 0 Å². The van der Waals surface area contributed by atoms with Crippen molar-refractivity contribution < 1.29 is 13.6 Å². The van der Waals surface area contributed by atoms with Gasteiger partial charge in [-0.2, -0.15) is 0 Å². The van der Waals surface area contributed by atoms with Crippen LogP contribution in [0.15, 0.2) is 12.1 Å². The standard InChI is InChI=1S/C29H40F2N4O/c30-20-8-9-22-23(24(20)31)29(11-6-4-2-1-3-5-7-12-29)26(32-22)27(36)35-13-10-21-19(17-35)25(34-33-21)28-14-18(15-28)16-28/h8-9,18-19,21,25-26,32-34H,1-7,10-17H2. The molecule has 4 atom stereocenters. The molecule has 0 aromatic heterocycles. The van der Waals surface area contributed by atoms with E-state index in [-0.39, 0.29) is 5.91 Å². The first-order valence-corrected chi connectivity index (χ1v) is 14.6. The van der Waals surface area contributed by atoms with Crippen molar-refractivity contribution in [2.24, 2.45) is 17.3 Å². The summed E-state index contributed by atoms with van der Waals surface area (Å²) in [6, 6.07) is 3.19. The lowest BCUT2D eigenvalue weighted by Crippen LogP contribution is -2.65. The normalized spacial score (nSPS) is 38.9. The molecule has 36 heavy (non-hydrogen) atoms. The Bertz CT molecular complexity index is 1020. The number of nitrogens with zero attached hydrogens (tertiary/aromatic N) is 1. The van der Waals surface area contributed by atoms with E-state index in [2.05, 4.69) is 21.1 Å². The van der Waals surface area contributed by atoms with Gasteiger partial charge in [0.2, 0.25) is 5.91 Å². The largest absolute Gasteiger partial charge is 0.373 e. The molecule has 1 aromatic carbocycles. The third-order valence-corrected chi connectivity index (χ3v) is 11.0. The second-order valence-electron chi connectivity index (χ2n) is 12.9. The number of piperidine rings is 1. The topological polar surface area (TPSA) is 56.4 Å². The first-order valence-electron chi connectivity index (χ1n) is 14.6. The van der Waals surface area contributed by atoms with Crippen LogP contribution >= 0.6 is 0 Å². The Kier molecular flexibility index (Phi) is 5.62. The van der Waals surface area contributed by atoms with Crippen LogP contribution in [0.3, 0.4) is 0 Å². The van der Waals surface area contributed by atoms with Gasteiger partial charge in [0, 0.05) is 47.8 Å². The van der Waals surface area contributed by atoms with Gasteiger partial charge < -0.3 is 10.2 Å². The van der Waals surface area contributed by atoms with Crippen LogP contribution in [-0.4, -0.2) is 42.0 Å². The van der Waals surface area contributed by atoms with Crippen molar-refractivity contribution in [2.75, 3.05) is 18.4 Å². The molecule has 3 aliphatic heterocycles. The summed E-state index contributed by atoms with van der Waals surface area (Å²) in [6.07, 6.45) is 14.1. The minimum absolute atomic E-state index is 0.0877. The number of carbonyl (C=O) groups is 1. The van der Waals surface area contributed by atoms with Crippen LogP contribution in [0.1, 0.15) is 89.0 Å². The molecular weight excluding hydrogens is 458 g/mol. The number of benzene rings is 1. The molecule has 8 rings (SSSR count). The molecule has 4 saturated carbocycles. The van der Waals surface area contributed by atoms with Crippen molar-refractivity contribution in [2.45, 2.75) is 107 Å². The van der Waals surface area contributed by atoms with E-state index in [0.29, 0.717) is 34.7 Å². The summed E-state index contributed by atoms with van der Waals surface area (Å²) < 4.78 is 30.0. The molecule has 5 nitrogen and oxygen atoms in total. The highest BCUT2D eigenvalue weighted by molar-refractivity contribution is 5.90. The first kappa shape index (κ1) is 23.4. The van der Waals surface area contributed by atoms with Crippen molar-refractivity contribution >= 4 is 11.6 Å². The lowest BCUT2D eigenvalue weighted by molar-refractivity contribution is -0.148. The van der Waals surface area contributed by atoms with E-state index >= 15 is 4.39 Å². The highest BCUT2D eigenvalue weighted by Crippen LogP contribution is 2.67. The highest BCUT2D eigenvalue weighted by atomic mass is 19.2. The van der Waals surface area contributed by atoms with E-state index in [0.717, 1.165) is 64.0 Å². The second-order valence-corrected chi connectivity index (χ2v) is 12.9. The maximum Gasteiger partial charge on any atom is 0.246 e. The van der Waals surface area contributed by atoms with E-state index in [4.69, 9.17) is 0 Å². The van der Waals surface area contributed by atoms with Gasteiger partial charge in [0.1, 0.15) is 6.04 Å². The molecule has 196 valence electrons. The van der Waals surface area contributed by atoms with Crippen molar-refractivity contribution in [3.63, 3.8) is 0 Å². The van der Waals surface area contributed by atoms with Crippen LogP contribution in [-0.2, 0) is 10.2 Å². The first-order chi connectivity index (χ1) is 17.5. The number of halogens is 2. The SMILES string of the molecule is O=C(C1Nc2ccc(F)c(F)c2C12CCCCCCCCC2)N1CCC2NNC(C34CC(C3)C4)C2C1. The number of fused-ring (bicyclic) bond motifs is 3. The number of likely N-dealkylation sites (tertiary alicyclic amines) is 1. The number of hydrazine groups is 1. The lowest BCUT2D eigenvalue weighted by Gasteiger charge is -2.66. The maximum atomic E-state index is 15.5. The van der Waals surface area contributed by atoms with E-state index in [9.17, 15) is 9.18 Å². The smallest absolute Gasteiger partial charge is 0.246 e. The Morgan fingerprint density at radius 1 is 0.944 bits per heavy atom. The summed E-state index contributed by atoms with van der Waals surface area (Å²) in [5.74, 6) is -0.118. The van der Waals surface area contributed by atoms with Gasteiger partial charge in [-0.1, -0.05) is 44.9 Å². The molecule has 1 spiro atoms. The Morgan fingerprint density at radius 2 is 1.64 bits per heavy atom. The van der Waals surface area contributed by atoms with Crippen molar-refractivity contribution in [3.8, 4) is 0 Å². The number of hydrogen-bond donors (Lipinski definition) is 3. The molecule has 3 heterocycles. The lowest BCUT2D eigenvalue weighted by atomic mass is 9.40. The van der Waals surface area contributed by atoms with Crippen LogP contribution in [0, 0.1) is 28.9 Å². The van der Waals surface area contributed by atoms with Gasteiger partial charge in [-0.3, -0.25) is 15.6 Å². The Hall–Kier alpha value is -1.73. The fraction of sp³-hybridized carbons (Fsp3) is 0.759. The molecule has 7 heteroatoms. The summed E-state index contributed by atoms with van der Waals surface area (Å²) in [5, 5.41) is 3.45. The van der Waals surface area contributed by atoms with Crippen LogP contribution in [0.25, 0.3) is 0 Å². The zero-order valence-electron chi connectivity index (χ0n) is 21.3. The molecule has 4 unspecified atom stereocenters. The van der Waals surface area contributed by atoms with E-state index in [1.165, 1.54) is 44.6 Å². The van der Waals surface area contributed by atoms with E-state index < -0.39 is 23.1 Å². The van der Waals surface area contributed by atoms with Gasteiger partial charge in [-0.25, -0.2) is 8.78 Å². The van der Waals surface area contributed by atoms with E-state index in [1.807, 2.05) is 0 Å². The molecule has 2 bridgehead atoms. The van der Waals surface area contributed by atoms with Gasteiger partial charge >= 0.3 is 0 Å². The Balaban J connectivity index is 1.19. The van der Waals surface area contributed by atoms with Crippen LogP contribution in [0.2, 0.25) is 0 Å². The van der Waals surface area contributed by atoms with Crippen LogP contribution in [0.4, 0.5) is 14.5 Å². The molecule has 7 aliphatic rings.